The third-order valence-corrected chi connectivity index (χ3v) is 5.12. The second kappa shape index (κ2) is 10.3. The van der Waals surface area contributed by atoms with Gasteiger partial charge in [-0.05, 0) is 11.1 Å². The van der Waals surface area contributed by atoms with Gasteiger partial charge in [0.05, 0.1) is 26.9 Å². The van der Waals surface area contributed by atoms with E-state index in [0.29, 0.717) is 31.4 Å². The van der Waals surface area contributed by atoms with E-state index >= 15 is 0 Å². The van der Waals surface area contributed by atoms with E-state index in [2.05, 4.69) is 12.1 Å². The standard InChI is InChI=1S/C22H20O4P.Li/c1-24-17-13-19(25-2)21(20(14-17)26-3)22(23)27-18-11-9-16(10-12-18)15-7-5-4-6-8-15;/h4-14H,1-3H3;/q-1;+1. The number of hydrogen-bond acceptors (Lipinski definition) is 4. The molecule has 3 aromatic rings. The van der Waals surface area contributed by atoms with Crippen LogP contribution in [-0.4, -0.2) is 26.9 Å². The van der Waals surface area contributed by atoms with Crippen LogP contribution in [-0.2, 0) is 0 Å². The van der Waals surface area contributed by atoms with Gasteiger partial charge in [0.2, 0.25) is 0 Å². The molecule has 28 heavy (non-hydrogen) atoms. The van der Waals surface area contributed by atoms with E-state index in [9.17, 15) is 4.79 Å². The minimum Gasteiger partial charge on any atom is -0.496 e. The van der Waals surface area contributed by atoms with Gasteiger partial charge in [-0.25, -0.2) is 0 Å². The minimum atomic E-state index is -0.0983. The predicted molar refractivity (Wildman–Crippen MR) is 109 cm³/mol. The number of benzene rings is 3. The van der Waals surface area contributed by atoms with Crippen molar-refractivity contribution in [1.29, 1.82) is 0 Å². The summed E-state index contributed by atoms with van der Waals surface area (Å²) < 4.78 is 16.0. The van der Waals surface area contributed by atoms with Gasteiger partial charge < -0.3 is 27.6 Å². The molecule has 0 N–H and O–H groups in total. The second-order valence-electron chi connectivity index (χ2n) is 5.74. The molecule has 3 rings (SSSR count). The van der Waals surface area contributed by atoms with Crippen LogP contribution in [0, 0.1) is 0 Å². The van der Waals surface area contributed by atoms with Gasteiger partial charge in [-0.3, -0.25) is 0 Å². The summed E-state index contributed by atoms with van der Waals surface area (Å²) in [6.07, 6.45) is 0. The number of hydrogen-bond donors (Lipinski definition) is 0. The zero-order chi connectivity index (χ0) is 19.2. The predicted octanol–water partition coefficient (Wildman–Crippen LogP) is 1.80. The maximum absolute atomic E-state index is 12.9. The molecule has 0 aromatic heterocycles. The molecule has 0 amide bonds. The Morgan fingerprint density at radius 1 is 0.750 bits per heavy atom. The molecular weight excluding hydrogens is 366 g/mol. The number of rotatable bonds is 7. The molecule has 0 saturated carbocycles. The van der Waals surface area contributed by atoms with Crippen LogP contribution in [0.15, 0.2) is 66.7 Å². The molecule has 4 nitrogen and oxygen atoms in total. The van der Waals surface area contributed by atoms with Crippen molar-refractivity contribution < 1.29 is 37.9 Å². The Kier molecular flexibility index (Phi) is 8.14. The SMILES string of the molecule is COc1cc(OC)c(C(=O)[P-]c2ccc(-c3ccccc3)cc2)c(OC)c1.[Li+]. The third-order valence-electron chi connectivity index (χ3n) is 4.13. The van der Waals surface area contributed by atoms with Crippen molar-refractivity contribution in [1.82, 2.24) is 0 Å². The molecule has 0 radical (unpaired) electrons. The fourth-order valence-corrected chi connectivity index (χ4v) is 3.61. The molecule has 0 saturated heterocycles. The topological polar surface area (TPSA) is 44.8 Å². The molecule has 0 atom stereocenters. The average Bonchev–Trinajstić information content (AvgIpc) is 2.73. The largest absolute Gasteiger partial charge is 1.00 e. The summed E-state index contributed by atoms with van der Waals surface area (Å²) in [4.78, 5) is 12.9. The van der Waals surface area contributed by atoms with Gasteiger partial charge in [0, 0.05) is 17.7 Å². The van der Waals surface area contributed by atoms with E-state index in [1.807, 2.05) is 42.5 Å². The average molecular weight is 386 g/mol. The Hall–Kier alpha value is -2.24. The van der Waals surface area contributed by atoms with Crippen molar-refractivity contribution >= 4 is 19.4 Å². The summed E-state index contributed by atoms with van der Waals surface area (Å²) in [7, 11) is 5.16. The first-order valence-electron chi connectivity index (χ1n) is 8.38. The smallest absolute Gasteiger partial charge is 0.496 e. The Labute approximate surface area is 179 Å². The van der Waals surface area contributed by atoms with Gasteiger partial charge in [-0.1, -0.05) is 54.6 Å². The second-order valence-corrected chi connectivity index (χ2v) is 6.88. The van der Waals surface area contributed by atoms with Gasteiger partial charge in [0.1, 0.15) is 17.2 Å². The Morgan fingerprint density at radius 3 is 1.79 bits per heavy atom. The summed E-state index contributed by atoms with van der Waals surface area (Å²) in [5.41, 5.74) is 2.57. The first kappa shape index (κ1) is 22.1. The first-order chi connectivity index (χ1) is 13.2. The Morgan fingerprint density at radius 2 is 1.29 bits per heavy atom. The minimum absolute atomic E-state index is 0. The zero-order valence-electron chi connectivity index (χ0n) is 16.4. The maximum atomic E-state index is 12.9. The van der Waals surface area contributed by atoms with Crippen LogP contribution in [0.25, 0.3) is 11.1 Å². The van der Waals surface area contributed by atoms with Crippen molar-refractivity contribution in [2.45, 2.75) is 0 Å². The van der Waals surface area contributed by atoms with E-state index in [4.69, 9.17) is 14.2 Å². The molecule has 0 fully saturated rings. The molecule has 0 aliphatic carbocycles. The van der Waals surface area contributed by atoms with Crippen molar-refractivity contribution in [2.24, 2.45) is 0 Å². The van der Waals surface area contributed by atoms with Crippen molar-refractivity contribution in [2.75, 3.05) is 21.3 Å². The van der Waals surface area contributed by atoms with Crippen LogP contribution in [0.2, 0.25) is 0 Å². The Bertz CT molecular complexity index is 902. The fourth-order valence-electron chi connectivity index (χ4n) is 2.75. The molecule has 6 heteroatoms. The third kappa shape index (κ3) is 4.97. The molecule has 3 aromatic carbocycles. The molecule has 0 unspecified atom stereocenters. The van der Waals surface area contributed by atoms with Gasteiger partial charge in [-0.15, -0.1) is 0 Å². The summed E-state index contributed by atoms with van der Waals surface area (Å²) in [5.74, 6) is 1.44. The normalized spacial score (nSPS) is 10.4. The molecule has 0 aliphatic rings. The van der Waals surface area contributed by atoms with Gasteiger partial charge in [0.15, 0.2) is 0 Å². The van der Waals surface area contributed by atoms with E-state index in [0.717, 1.165) is 16.4 Å². The molecule has 0 heterocycles. The summed E-state index contributed by atoms with van der Waals surface area (Å²) in [5, 5.41) is 0.902. The molecule has 0 aliphatic heterocycles. The quantitative estimate of drug-likeness (QED) is 0.459. The van der Waals surface area contributed by atoms with Gasteiger partial charge >= 0.3 is 18.9 Å². The van der Waals surface area contributed by atoms with E-state index in [1.54, 1.807) is 19.2 Å². The number of methoxy groups -OCH3 is 3. The van der Waals surface area contributed by atoms with Crippen LogP contribution in [0.1, 0.15) is 10.4 Å². The molecular formula is C22H20LiO4P. The molecule has 0 spiro atoms. The van der Waals surface area contributed by atoms with E-state index in [1.165, 1.54) is 14.2 Å². The van der Waals surface area contributed by atoms with E-state index in [-0.39, 0.29) is 24.4 Å². The van der Waals surface area contributed by atoms with Crippen LogP contribution < -0.4 is 38.4 Å². The zero-order valence-corrected chi connectivity index (χ0v) is 17.3. The summed E-state index contributed by atoms with van der Waals surface area (Å²) in [6, 6.07) is 21.5. The van der Waals surface area contributed by atoms with Crippen molar-refractivity contribution in [3.8, 4) is 28.4 Å². The Balaban J connectivity index is 0.00000280. The number of ether oxygens (including phenoxy) is 3. The van der Waals surface area contributed by atoms with Crippen molar-refractivity contribution in [3.05, 3.63) is 72.3 Å². The van der Waals surface area contributed by atoms with Crippen LogP contribution in [0.5, 0.6) is 17.2 Å². The molecule has 138 valence electrons. The van der Waals surface area contributed by atoms with Crippen LogP contribution >= 0.6 is 8.58 Å². The van der Waals surface area contributed by atoms with E-state index < -0.39 is 0 Å². The summed E-state index contributed by atoms with van der Waals surface area (Å²) in [6.45, 7) is 0. The fraction of sp³-hybridized carbons (Fsp3) is 0.136. The van der Waals surface area contributed by atoms with Gasteiger partial charge in [0.25, 0.3) is 0 Å². The maximum Gasteiger partial charge on any atom is 1.00 e. The van der Waals surface area contributed by atoms with Crippen LogP contribution in [0.3, 0.4) is 0 Å². The monoisotopic (exact) mass is 386 g/mol. The van der Waals surface area contributed by atoms with Crippen LogP contribution in [0.4, 0.5) is 0 Å². The van der Waals surface area contributed by atoms with Crippen molar-refractivity contribution in [3.63, 3.8) is 0 Å². The number of carbonyl (C=O) groups is 1. The molecule has 0 bridgehead atoms. The van der Waals surface area contributed by atoms with Gasteiger partial charge in [-0.2, -0.15) is 5.30 Å². The summed E-state index contributed by atoms with van der Waals surface area (Å²) >= 11 is 0. The number of carbonyl (C=O) groups excluding carboxylic acids is 1. The first-order valence-corrected chi connectivity index (χ1v) is 9.27.